The topological polar surface area (TPSA) is 38.1 Å². The number of rotatable bonds is 4. The maximum Gasteiger partial charge on any atom is 0.261 e. The Bertz CT molecular complexity index is 998. The standard InChI is InChI=1S/C21H19F2N3O/c1-2-19-17(12-24-26(19)13-14-6-4-3-5-7-14)21(27)25-9-8-16-18(23)10-15(22)11-20(16)25/h3-7,10-12H,2,8-9,13H2,1H3. The van der Waals surface area contributed by atoms with Gasteiger partial charge in [-0.1, -0.05) is 37.3 Å². The molecule has 0 bridgehead atoms. The van der Waals surface area contributed by atoms with E-state index in [4.69, 9.17) is 0 Å². The number of fused-ring (bicyclic) bond motifs is 1. The van der Waals surface area contributed by atoms with Crippen LogP contribution >= 0.6 is 0 Å². The summed E-state index contributed by atoms with van der Waals surface area (Å²) in [5.74, 6) is -1.55. The van der Waals surface area contributed by atoms with Gasteiger partial charge < -0.3 is 4.90 Å². The van der Waals surface area contributed by atoms with Gasteiger partial charge in [-0.3, -0.25) is 9.48 Å². The van der Waals surface area contributed by atoms with Crippen molar-refractivity contribution in [1.29, 1.82) is 0 Å². The molecule has 0 saturated heterocycles. The summed E-state index contributed by atoms with van der Waals surface area (Å²) < 4.78 is 29.5. The van der Waals surface area contributed by atoms with Crippen molar-refractivity contribution in [2.45, 2.75) is 26.3 Å². The number of hydrogen-bond donors (Lipinski definition) is 0. The summed E-state index contributed by atoms with van der Waals surface area (Å²) in [6.45, 7) is 2.87. The lowest BCUT2D eigenvalue weighted by Gasteiger charge is -2.18. The van der Waals surface area contributed by atoms with Gasteiger partial charge in [-0.25, -0.2) is 8.78 Å². The number of nitrogens with zero attached hydrogens (tertiary/aromatic N) is 3. The van der Waals surface area contributed by atoms with E-state index in [1.54, 1.807) is 6.20 Å². The average Bonchev–Trinajstić information content (AvgIpc) is 3.26. The highest BCUT2D eigenvalue weighted by molar-refractivity contribution is 6.07. The van der Waals surface area contributed by atoms with Crippen molar-refractivity contribution < 1.29 is 13.6 Å². The Morgan fingerprint density at radius 1 is 1.19 bits per heavy atom. The number of carbonyl (C=O) groups excluding carboxylic acids is 1. The van der Waals surface area contributed by atoms with Crippen molar-refractivity contribution in [2.75, 3.05) is 11.4 Å². The molecule has 4 rings (SSSR count). The van der Waals surface area contributed by atoms with Crippen molar-refractivity contribution in [3.8, 4) is 0 Å². The fraction of sp³-hybridized carbons (Fsp3) is 0.238. The molecule has 2 aromatic carbocycles. The molecule has 0 fully saturated rings. The monoisotopic (exact) mass is 367 g/mol. The molecular weight excluding hydrogens is 348 g/mol. The molecule has 0 radical (unpaired) electrons. The van der Waals surface area contributed by atoms with E-state index in [1.165, 1.54) is 11.0 Å². The Kier molecular flexibility index (Phi) is 4.48. The first-order valence-electron chi connectivity index (χ1n) is 8.97. The predicted octanol–water partition coefficient (Wildman–Crippen LogP) is 3.97. The Morgan fingerprint density at radius 2 is 1.96 bits per heavy atom. The molecule has 2 heterocycles. The van der Waals surface area contributed by atoms with Crippen LogP contribution in [0.5, 0.6) is 0 Å². The van der Waals surface area contributed by atoms with Crippen molar-refractivity contribution in [3.05, 3.63) is 82.7 Å². The first-order chi connectivity index (χ1) is 13.1. The molecule has 27 heavy (non-hydrogen) atoms. The fourth-order valence-corrected chi connectivity index (χ4v) is 3.63. The van der Waals surface area contributed by atoms with Crippen molar-refractivity contribution in [3.63, 3.8) is 0 Å². The largest absolute Gasteiger partial charge is 0.307 e. The molecule has 0 N–H and O–H groups in total. The highest BCUT2D eigenvalue weighted by atomic mass is 19.1. The van der Waals surface area contributed by atoms with Gasteiger partial charge in [-0.15, -0.1) is 0 Å². The molecule has 1 aliphatic heterocycles. The highest BCUT2D eigenvalue weighted by Gasteiger charge is 2.30. The number of benzene rings is 2. The van der Waals surface area contributed by atoms with Gasteiger partial charge in [0, 0.05) is 18.2 Å². The van der Waals surface area contributed by atoms with Gasteiger partial charge in [0.2, 0.25) is 0 Å². The van der Waals surface area contributed by atoms with E-state index in [1.807, 2.05) is 41.9 Å². The Labute approximate surface area is 156 Å². The smallest absolute Gasteiger partial charge is 0.261 e. The zero-order chi connectivity index (χ0) is 19.0. The molecule has 0 aliphatic carbocycles. The first kappa shape index (κ1) is 17.4. The molecule has 1 amide bonds. The molecule has 4 nitrogen and oxygen atoms in total. The second-order valence-electron chi connectivity index (χ2n) is 6.59. The fourth-order valence-electron chi connectivity index (χ4n) is 3.63. The normalized spacial score (nSPS) is 13.1. The predicted molar refractivity (Wildman–Crippen MR) is 98.9 cm³/mol. The van der Waals surface area contributed by atoms with Crippen molar-refractivity contribution >= 4 is 11.6 Å². The molecule has 138 valence electrons. The van der Waals surface area contributed by atoms with Gasteiger partial charge >= 0.3 is 0 Å². The first-order valence-corrected chi connectivity index (χ1v) is 8.97. The SMILES string of the molecule is CCc1c(C(=O)N2CCc3c(F)cc(F)cc32)cnn1Cc1ccccc1. The number of aromatic nitrogens is 2. The molecule has 1 aromatic heterocycles. The van der Waals surface area contributed by atoms with Crippen molar-refractivity contribution in [1.82, 2.24) is 9.78 Å². The van der Waals surface area contributed by atoms with Crippen LogP contribution in [0.2, 0.25) is 0 Å². The quantitative estimate of drug-likeness (QED) is 0.700. The van der Waals surface area contributed by atoms with Crippen LogP contribution in [0, 0.1) is 11.6 Å². The van der Waals surface area contributed by atoms with Crippen LogP contribution < -0.4 is 4.90 Å². The summed E-state index contributed by atoms with van der Waals surface area (Å²) in [7, 11) is 0. The number of amides is 1. The van der Waals surface area contributed by atoms with Crippen LogP contribution in [0.25, 0.3) is 0 Å². The lowest BCUT2D eigenvalue weighted by Crippen LogP contribution is -2.29. The molecule has 0 unspecified atom stereocenters. The minimum atomic E-state index is -0.679. The van der Waals surface area contributed by atoms with E-state index in [0.29, 0.717) is 42.7 Å². The van der Waals surface area contributed by atoms with Crippen LogP contribution in [0.15, 0.2) is 48.7 Å². The average molecular weight is 367 g/mol. The molecule has 0 saturated carbocycles. The summed E-state index contributed by atoms with van der Waals surface area (Å²) in [4.78, 5) is 14.6. The van der Waals surface area contributed by atoms with E-state index in [-0.39, 0.29) is 5.91 Å². The summed E-state index contributed by atoms with van der Waals surface area (Å²) in [6, 6.07) is 12.0. The summed E-state index contributed by atoms with van der Waals surface area (Å²) >= 11 is 0. The van der Waals surface area contributed by atoms with Crippen LogP contribution in [0.1, 0.15) is 34.1 Å². The van der Waals surface area contributed by atoms with E-state index >= 15 is 0 Å². The summed E-state index contributed by atoms with van der Waals surface area (Å²) in [5.41, 5.74) is 3.08. The van der Waals surface area contributed by atoms with E-state index in [0.717, 1.165) is 17.3 Å². The van der Waals surface area contributed by atoms with E-state index < -0.39 is 11.6 Å². The third-order valence-electron chi connectivity index (χ3n) is 4.95. The lowest BCUT2D eigenvalue weighted by atomic mass is 10.1. The van der Waals surface area contributed by atoms with Gasteiger partial charge in [0.15, 0.2) is 0 Å². The van der Waals surface area contributed by atoms with Gasteiger partial charge in [0.25, 0.3) is 5.91 Å². The number of anilines is 1. The van der Waals surface area contributed by atoms with E-state index in [2.05, 4.69) is 5.10 Å². The van der Waals surface area contributed by atoms with Gasteiger partial charge in [-0.05, 0) is 24.5 Å². The van der Waals surface area contributed by atoms with Crippen LogP contribution in [-0.2, 0) is 19.4 Å². The molecule has 0 spiro atoms. The van der Waals surface area contributed by atoms with Gasteiger partial charge in [0.1, 0.15) is 11.6 Å². The minimum Gasteiger partial charge on any atom is -0.307 e. The Morgan fingerprint density at radius 3 is 2.70 bits per heavy atom. The zero-order valence-corrected chi connectivity index (χ0v) is 15.0. The second kappa shape index (κ2) is 6.95. The maximum absolute atomic E-state index is 14.0. The van der Waals surface area contributed by atoms with Crippen LogP contribution in [-0.4, -0.2) is 22.2 Å². The third-order valence-corrected chi connectivity index (χ3v) is 4.95. The number of halogens is 2. The highest BCUT2D eigenvalue weighted by Crippen LogP contribution is 2.32. The lowest BCUT2D eigenvalue weighted by molar-refractivity contribution is 0.0988. The van der Waals surface area contributed by atoms with Gasteiger partial charge in [0.05, 0.1) is 29.7 Å². The number of carbonyl (C=O) groups is 1. The van der Waals surface area contributed by atoms with Crippen molar-refractivity contribution in [2.24, 2.45) is 0 Å². The van der Waals surface area contributed by atoms with Crippen LogP contribution in [0.4, 0.5) is 14.5 Å². The third kappa shape index (κ3) is 3.12. The van der Waals surface area contributed by atoms with Gasteiger partial charge in [-0.2, -0.15) is 5.10 Å². The molecular formula is C21H19F2N3O. The van der Waals surface area contributed by atoms with Crippen LogP contribution in [0.3, 0.4) is 0 Å². The molecule has 6 heteroatoms. The summed E-state index contributed by atoms with van der Waals surface area (Å²) in [6.07, 6.45) is 2.57. The second-order valence-corrected chi connectivity index (χ2v) is 6.59. The summed E-state index contributed by atoms with van der Waals surface area (Å²) in [5, 5.41) is 4.39. The molecule has 3 aromatic rings. The molecule has 0 atom stereocenters. The number of hydrogen-bond acceptors (Lipinski definition) is 2. The molecule has 1 aliphatic rings. The minimum absolute atomic E-state index is 0.269. The maximum atomic E-state index is 14.0. The Hall–Kier alpha value is -3.02. The zero-order valence-electron chi connectivity index (χ0n) is 15.0. The van der Waals surface area contributed by atoms with E-state index in [9.17, 15) is 13.6 Å². The Balaban J connectivity index is 1.66.